The molecule has 1 heterocycles. The number of rotatable bonds is 6. The highest BCUT2D eigenvalue weighted by Gasteiger charge is 2.21. The van der Waals surface area contributed by atoms with Gasteiger partial charge in [-0.1, -0.05) is 27.7 Å². The zero-order chi connectivity index (χ0) is 15.8. The molecule has 118 valence electrons. The van der Waals surface area contributed by atoms with Crippen LogP contribution in [0.4, 0.5) is 0 Å². The number of piperidine rings is 1. The van der Waals surface area contributed by atoms with E-state index >= 15 is 0 Å². The van der Waals surface area contributed by atoms with E-state index in [1.807, 2.05) is 4.90 Å². The van der Waals surface area contributed by atoms with Gasteiger partial charge in [-0.3, -0.25) is 4.79 Å². The summed E-state index contributed by atoms with van der Waals surface area (Å²) in [6, 6.07) is 2.10. The van der Waals surface area contributed by atoms with Crippen LogP contribution in [0.5, 0.6) is 0 Å². The summed E-state index contributed by atoms with van der Waals surface area (Å²) in [5.41, 5.74) is 0.276. The smallest absolute Gasteiger partial charge is 0.266 e. The Labute approximate surface area is 129 Å². The van der Waals surface area contributed by atoms with Gasteiger partial charge in [-0.25, -0.2) is 0 Å². The fraction of sp³-hybridized carbons (Fsp3) is 0.765. The van der Waals surface area contributed by atoms with Crippen LogP contribution in [0.3, 0.4) is 0 Å². The molecular formula is C17H29N3O. The molecule has 0 atom stereocenters. The zero-order valence-electron chi connectivity index (χ0n) is 13.9. The van der Waals surface area contributed by atoms with Crippen LogP contribution in [-0.2, 0) is 4.79 Å². The van der Waals surface area contributed by atoms with Crippen molar-refractivity contribution < 1.29 is 4.79 Å². The highest BCUT2D eigenvalue weighted by atomic mass is 16.2. The van der Waals surface area contributed by atoms with Gasteiger partial charge in [0.2, 0.25) is 0 Å². The van der Waals surface area contributed by atoms with Crippen molar-refractivity contribution in [3.8, 4) is 6.07 Å². The maximum atomic E-state index is 12.4. The summed E-state index contributed by atoms with van der Waals surface area (Å²) < 4.78 is 0. The van der Waals surface area contributed by atoms with Gasteiger partial charge < -0.3 is 9.80 Å². The third kappa shape index (κ3) is 6.20. The lowest BCUT2D eigenvalue weighted by atomic mass is 10.1. The van der Waals surface area contributed by atoms with Crippen LogP contribution < -0.4 is 0 Å². The molecule has 1 amide bonds. The predicted octanol–water partition coefficient (Wildman–Crippen LogP) is 3.02. The summed E-state index contributed by atoms with van der Waals surface area (Å²) in [4.78, 5) is 16.4. The minimum absolute atomic E-state index is 0.102. The minimum atomic E-state index is -0.102. The quantitative estimate of drug-likeness (QED) is 0.558. The molecule has 1 saturated heterocycles. The molecule has 0 aliphatic carbocycles. The molecule has 1 rings (SSSR count). The molecule has 0 saturated carbocycles. The summed E-state index contributed by atoms with van der Waals surface area (Å²) >= 11 is 0. The standard InChI is InChI=1S/C17H29N3O/c1-14(2)11-19(12-15(3)4)13-16(10-18)17(21)20-8-6-5-7-9-20/h13-15H,5-9,11-12H2,1-4H3/b16-13-. The molecule has 4 nitrogen and oxygen atoms in total. The topological polar surface area (TPSA) is 47.3 Å². The summed E-state index contributed by atoms with van der Waals surface area (Å²) in [7, 11) is 0. The third-order valence-electron chi connectivity index (χ3n) is 3.51. The average molecular weight is 291 g/mol. The highest BCUT2D eigenvalue weighted by molar-refractivity contribution is 5.97. The van der Waals surface area contributed by atoms with Crippen LogP contribution in [-0.4, -0.2) is 41.9 Å². The number of carbonyl (C=O) groups excluding carboxylic acids is 1. The number of hydrogen-bond acceptors (Lipinski definition) is 3. The molecule has 0 spiro atoms. The first-order valence-electron chi connectivity index (χ1n) is 8.09. The summed E-state index contributed by atoms with van der Waals surface area (Å²) in [5.74, 6) is 0.907. The van der Waals surface area contributed by atoms with Gasteiger partial charge in [0.15, 0.2) is 0 Å². The van der Waals surface area contributed by atoms with E-state index in [1.54, 1.807) is 6.20 Å². The van der Waals surface area contributed by atoms with E-state index in [0.717, 1.165) is 39.0 Å². The van der Waals surface area contributed by atoms with Crippen LogP contribution in [0.1, 0.15) is 47.0 Å². The average Bonchev–Trinajstić information content (AvgIpc) is 2.43. The number of likely N-dealkylation sites (tertiary alicyclic amines) is 1. The van der Waals surface area contributed by atoms with E-state index in [-0.39, 0.29) is 11.5 Å². The normalized spacial score (nSPS) is 16.2. The lowest BCUT2D eigenvalue weighted by Gasteiger charge is -2.28. The number of nitrogens with zero attached hydrogens (tertiary/aromatic N) is 3. The second-order valence-electron chi connectivity index (χ2n) is 6.75. The molecule has 0 radical (unpaired) electrons. The molecule has 0 aromatic carbocycles. The lowest BCUT2D eigenvalue weighted by molar-refractivity contribution is -0.127. The van der Waals surface area contributed by atoms with Crippen LogP contribution in [0.25, 0.3) is 0 Å². The van der Waals surface area contributed by atoms with Crippen molar-refractivity contribution in [1.29, 1.82) is 5.26 Å². The Kier molecular flexibility index (Phi) is 7.28. The molecule has 0 unspecified atom stereocenters. The molecule has 4 heteroatoms. The Morgan fingerprint density at radius 3 is 2.10 bits per heavy atom. The fourth-order valence-electron chi connectivity index (χ4n) is 2.70. The van der Waals surface area contributed by atoms with Crippen LogP contribution in [0, 0.1) is 23.2 Å². The molecular weight excluding hydrogens is 262 g/mol. The van der Waals surface area contributed by atoms with Gasteiger partial charge >= 0.3 is 0 Å². The summed E-state index contributed by atoms with van der Waals surface area (Å²) in [6.45, 7) is 11.9. The van der Waals surface area contributed by atoms with Crippen molar-refractivity contribution in [3.05, 3.63) is 11.8 Å². The van der Waals surface area contributed by atoms with Crippen molar-refractivity contribution in [3.63, 3.8) is 0 Å². The Morgan fingerprint density at radius 2 is 1.67 bits per heavy atom. The van der Waals surface area contributed by atoms with E-state index in [9.17, 15) is 10.1 Å². The molecule has 1 fully saturated rings. The fourth-order valence-corrected chi connectivity index (χ4v) is 2.70. The molecule has 0 aromatic heterocycles. The minimum Gasteiger partial charge on any atom is -0.376 e. The maximum absolute atomic E-state index is 12.4. The first-order valence-corrected chi connectivity index (χ1v) is 8.09. The first kappa shape index (κ1) is 17.6. The van der Waals surface area contributed by atoms with E-state index in [0.29, 0.717) is 11.8 Å². The second-order valence-corrected chi connectivity index (χ2v) is 6.75. The van der Waals surface area contributed by atoms with Crippen LogP contribution in [0.2, 0.25) is 0 Å². The number of hydrogen-bond donors (Lipinski definition) is 0. The van der Waals surface area contributed by atoms with Gasteiger partial charge in [-0.15, -0.1) is 0 Å². The predicted molar refractivity (Wildman–Crippen MR) is 85.4 cm³/mol. The van der Waals surface area contributed by atoms with Gasteiger partial charge in [0, 0.05) is 32.4 Å². The first-order chi connectivity index (χ1) is 9.93. The second kappa shape index (κ2) is 8.71. The molecule has 0 bridgehead atoms. The van der Waals surface area contributed by atoms with Crippen molar-refractivity contribution in [2.24, 2.45) is 11.8 Å². The molecule has 1 aliphatic rings. The molecule has 21 heavy (non-hydrogen) atoms. The third-order valence-corrected chi connectivity index (χ3v) is 3.51. The van der Waals surface area contributed by atoms with E-state index in [4.69, 9.17) is 0 Å². The van der Waals surface area contributed by atoms with E-state index < -0.39 is 0 Å². The van der Waals surface area contributed by atoms with Gasteiger partial charge in [-0.05, 0) is 31.1 Å². The van der Waals surface area contributed by atoms with E-state index in [2.05, 4.69) is 38.7 Å². The van der Waals surface area contributed by atoms with Crippen molar-refractivity contribution in [1.82, 2.24) is 9.80 Å². The van der Waals surface area contributed by atoms with Crippen molar-refractivity contribution >= 4 is 5.91 Å². The highest BCUT2D eigenvalue weighted by Crippen LogP contribution is 2.13. The van der Waals surface area contributed by atoms with Gasteiger partial charge in [0.25, 0.3) is 5.91 Å². The Hall–Kier alpha value is -1.50. The summed E-state index contributed by atoms with van der Waals surface area (Å²) in [5, 5.41) is 9.35. The SMILES string of the molecule is CC(C)CN(/C=C(/C#N)C(=O)N1CCCCC1)CC(C)C. The summed E-state index contributed by atoms with van der Waals surface area (Å²) in [6.07, 6.45) is 5.05. The van der Waals surface area contributed by atoms with Crippen LogP contribution >= 0.6 is 0 Å². The molecule has 0 aromatic rings. The Balaban J connectivity index is 2.81. The van der Waals surface area contributed by atoms with E-state index in [1.165, 1.54) is 6.42 Å². The zero-order valence-corrected chi connectivity index (χ0v) is 13.9. The molecule has 0 N–H and O–H groups in total. The number of amides is 1. The van der Waals surface area contributed by atoms with Crippen molar-refractivity contribution in [2.45, 2.75) is 47.0 Å². The Morgan fingerprint density at radius 1 is 1.14 bits per heavy atom. The monoisotopic (exact) mass is 291 g/mol. The Bertz CT molecular complexity index is 391. The number of nitriles is 1. The number of carbonyl (C=O) groups is 1. The van der Waals surface area contributed by atoms with Gasteiger partial charge in [0.05, 0.1) is 0 Å². The lowest BCUT2D eigenvalue weighted by Crippen LogP contribution is -2.37. The largest absolute Gasteiger partial charge is 0.376 e. The van der Waals surface area contributed by atoms with Gasteiger partial charge in [-0.2, -0.15) is 5.26 Å². The van der Waals surface area contributed by atoms with Crippen LogP contribution in [0.15, 0.2) is 11.8 Å². The molecule has 1 aliphatic heterocycles. The maximum Gasteiger partial charge on any atom is 0.266 e. The van der Waals surface area contributed by atoms with Crippen molar-refractivity contribution in [2.75, 3.05) is 26.2 Å². The van der Waals surface area contributed by atoms with Gasteiger partial charge in [0.1, 0.15) is 11.6 Å².